The summed E-state index contributed by atoms with van der Waals surface area (Å²) in [5.74, 6) is 1.59. The first kappa shape index (κ1) is 13.2. The zero-order valence-corrected chi connectivity index (χ0v) is 13.1. The quantitative estimate of drug-likeness (QED) is 0.529. The van der Waals surface area contributed by atoms with E-state index >= 15 is 0 Å². The van der Waals surface area contributed by atoms with Crippen LogP contribution in [0, 0.1) is 10.5 Å². The molecule has 0 aliphatic carbocycles. The molecule has 0 saturated carbocycles. The van der Waals surface area contributed by atoms with Crippen molar-refractivity contribution in [3.05, 3.63) is 57.8 Å². The van der Waals surface area contributed by atoms with E-state index in [9.17, 15) is 0 Å². The van der Waals surface area contributed by atoms with Gasteiger partial charge in [0.1, 0.15) is 11.5 Å². The molecule has 1 heterocycles. The Morgan fingerprint density at radius 2 is 1.95 bits per heavy atom. The maximum Gasteiger partial charge on any atom is 0.138 e. The lowest BCUT2D eigenvalue weighted by atomic mass is 10.1. The number of aromatic nitrogens is 1. The van der Waals surface area contributed by atoms with Crippen molar-refractivity contribution in [2.24, 2.45) is 0 Å². The average Bonchev–Trinajstić information content (AvgIpc) is 2.39. The summed E-state index contributed by atoms with van der Waals surface area (Å²) in [5.41, 5.74) is 8.38. The van der Waals surface area contributed by atoms with Crippen LogP contribution in [0.1, 0.15) is 5.69 Å². The van der Waals surface area contributed by atoms with Crippen molar-refractivity contribution in [3.63, 3.8) is 0 Å². The Morgan fingerprint density at radius 1 is 1.10 bits per heavy atom. The molecule has 20 heavy (non-hydrogen) atoms. The van der Waals surface area contributed by atoms with Gasteiger partial charge in [0, 0.05) is 26.4 Å². The maximum atomic E-state index is 6.01. The predicted octanol–water partition coefficient (Wildman–Crippen LogP) is 4.52. The lowest BCUT2D eigenvalue weighted by Gasteiger charge is -2.10. The second-order valence-electron chi connectivity index (χ2n) is 4.60. The Bertz CT molecular complexity index is 787. The molecular formula is C16H13IN2O. The zero-order valence-electron chi connectivity index (χ0n) is 10.9. The van der Waals surface area contributed by atoms with Crippen LogP contribution >= 0.6 is 22.6 Å². The van der Waals surface area contributed by atoms with Gasteiger partial charge in [-0.1, -0.05) is 6.07 Å². The normalized spacial score (nSPS) is 10.7. The number of rotatable bonds is 2. The predicted molar refractivity (Wildman–Crippen MR) is 90.1 cm³/mol. The Hall–Kier alpha value is -1.82. The molecule has 0 atom stereocenters. The molecule has 0 bridgehead atoms. The fourth-order valence-corrected chi connectivity index (χ4v) is 2.59. The first-order valence-electron chi connectivity index (χ1n) is 6.22. The summed E-state index contributed by atoms with van der Waals surface area (Å²) in [6.45, 7) is 1.96. The number of hydrogen-bond acceptors (Lipinski definition) is 3. The summed E-state index contributed by atoms with van der Waals surface area (Å²) >= 11 is 2.27. The third kappa shape index (κ3) is 2.70. The SMILES string of the molecule is Cc1cc(Oc2cccc(I)c2)c2cc(N)ccc2n1. The minimum atomic E-state index is 0.704. The van der Waals surface area contributed by atoms with E-state index in [1.165, 1.54) is 0 Å². The van der Waals surface area contributed by atoms with E-state index in [-0.39, 0.29) is 0 Å². The summed E-state index contributed by atoms with van der Waals surface area (Å²) in [7, 11) is 0. The van der Waals surface area contributed by atoms with Gasteiger partial charge in [-0.2, -0.15) is 0 Å². The molecule has 4 heteroatoms. The summed E-state index contributed by atoms with van der Waals surface area (Å²) in [6.07, 6.45) is 0. The van der Waals surface area contributed by atoms with Crippen LogP contribution in [0.2, 0.25) is 0 Å². The van der Waals surface area contributed by atoms with Crippen LogP contribution in [0.5, 0.6) is 11.5 Å². The highest BCUT2D eigenvalue weighted by Gasteiger charge is 2.07. The minimum Gasteiger partial charge on any atom is -0.457 e. The van der Waals surface area contributed by atoms with Gasteiger partial charge in [0.15, 0.2) is 0 Å². The van der Waals surface area contributed by atoms with Gasteiger partial charge in [0.05, 0.1) is 5.52 Å². The van der Waals surface area contributed by atoms with E-state index in [1.54, 1.807) is 0 Å². The van der Waals surface area contributed by atoms with Gasteiger partial charge < -0.3 is 10.5 Å². The topological polar surface area (TPSA) is 48.1 Å². The van der Waals surface area contributed by atoms with Crippen molar-refractivity contribution in [1.29, 1.82) is 0 Å². The largest absolute Gasteiger partial charge is 0.457 e. The molecule has 100 valence electrons. The molecule has 0 saturated heterocycles. The lowest BCUT2D eigenvalue weighted by molar-refractivity contribution is 0.487. The number of nitrogens with zero attached hydrogens (tertiary/aromatic N) is 1. The summed E-state index contributed by atoms with van der Waals surface area (Å²) < 4.78 is 7.14. The molecule has 3 rings (SSSR count). The number of halogens is 1. The highest BCUT2D eigenvalue weighted by molar-refractivity contribution is 14.1. The van der Waals surface area contributed by atoms with Gasteiger partial charge in [-0.05, 0) is 65.9 Å². The van der Waals surface area contributed by atoms with E-state index in [0.717, 1.165) is 31.7 Å². The zero-order chi connectivity index (χ0) is 14.1. The second kappa shape index (κ2) is 5.28. The smallest absolute Gasteiger partial charge is 0.138 e. The summed E-state index contributed by atoms with van der Waals surface area (Å²) in [5, 5.41) is 0.925. The highest BCUT2D eigenvalue weighted by Crippen LogP contribution is 2.31. The Morgan fingerprint density at radius 3 is 2.75 bits per heavy atom. The van der Waals surface area contributed by atoms with Gasteiger partial charge in [-0.15, -0.1) is 0 Å². The highest BCUT2D eigenvalue weighted by atomic mass is 127. The van der Waals surface area contributed by atoms with E-state index in [2.05, 4.69) is 27.6 Å². The monoisotopic (exact) mass is 376 g/mol. The molecule has 2 N–H and O–H groups in total. The molecule has 3 aromatic rings. The number of benzene rings is 2. The molecule has 0 amide bonds. The molecule has 0 aliphatic heterocycles. The van der Waals surface area contributed by atoms with E-state index in [4.69, 9.17) is 10.5 Å². The van der Waals surface area contributed by atoms with Gasteiger partial charge >= 0.3 is 0 Å². The Labute approximate surface area is 130 Å². The first-order valence-corrected chi connectivity index (χ1v) is 7.30. The van der Waals surface area contributed by atoms with Gasteiger partial charge in [0.2, 0.25) is 0 Å². The first-order chi connectivity index (χ1) is 9.61. The molecule has 3 nitrogen and oxygen atoms in total. The van der Waals surface area contributed by atoms with Crippen molar-refractivity contribution in [1.82, 2.24) is 4.98 Å². The second-order valence-corrected chi connectivity index (χ2v) is 5.84. The molecule has 0 spiro atoms. The average molecular weight is 376 g/mol. The number of aryl methyl sites for hydroxylation is 1. The number of hydrogen-bond donors (Lipinski definition) is 1. The fraction of sp³-hybridized carbons (Fsp3) is 0.0625. The maximum absolute atomic E-state index is 6.01. The molecule has 0 fully saturated rings. The fourth-order valence-electron chi connectivity index (χ4n) is 2.08. The third-order valence-electron chi connectivity index (χ3n) is 2.95. The van der Waals surface area contributed by atoms with Crippen LogP contribution in [0.25, 0.3) is 10.9 Å². The number of nitrogens with two attached hydrogens (primary N) is 1. The van der Waals surface area contributed by atoms with Crippen molar-refractivity contribution >= 4 is 39.2 Å². The van der Waals surface area contributed by atoms with Gasteiger partial charge in [-0.3, -0.25) is 4.98 Å². The number of pyridine rings is 1. The minimum absolute atomic E-state index is 0.704. The third-order valence-corrected chi connectivity index (χ3v) is 3.62. The number of anilines is 1. The Kier molecular flexibility index (Phi) is 3.48. The van der Waals surface area contributed by atoms with Crippen molar-refractivity contribution in [3.8, 4) is 11.5 Å². The molecule has 1 aromatic heterocycles. The van der Waals surface area contributed by atoms with Crippen molar-refractivity contribution < 1.29 is 4.74 Å². The van der Waals surface area contributed by atoms with E-state index in [1.807, 2.05) is 55.5 Å². The van der Waals surface area contributed by atoms with Crippen LogP contribution in [-0.4, -0.2) is 4.98 Å². The van der Waals surface area contributed by atoms with Crippen LogP contribution in [0.4, 0.5) is 5.69 Å². The van der Waals surface area contributed by atoms with E-state index in [0.29, 0.717) is 5.69 Å². The van der Waals surface area contributed by atoms with Crippen LogP contribution in [-0.2, 0) is 0 Å². The van der Waals surface area contributed by atoms with Crippen LogP contribution in [0.3, 0.4) is 0 Å². The van der Waals surface area contributed by atoms with Crippen molar-refractivity contribution in [2.75, 3.05) is 5.73 Å². The standard InChI is InChI=1S/C16H13IN2O/c1-10-7-16(20-13-4-2-3-11(17)8-13)14-9-12(18)5-6-15(14)19-10/h2-9H,18H2,1H3. The molecule has 0 aliphatic rings. The van der Waals surface area contributed by atoms with Crippen LogP contribution < -0.4 is 10.5 Å². The van der Waals surface area contributed by atoms with Crippen molar-refractivity contribution in [2.45, 2.75) is 6.92 Å². The van der Waals surface area contributed by atoms with Gasteiger partial charge in [0.25, 0.3) is 0 Å². The van der Waals surface area contributed by atoms with E-state index < -0.39 is 0 Å². The number of nitrogen functional groups attached to an aromatic ring is 1. The molecule has 0 unspecified atom stereocenters. The van der Waals surface area contributed by atoms with Crippen LogP contribution in [0.15, 0.2) is 48.5 Å². The molecule has 2 aromatic carbocycles. The summed E-state index contributed by atoms with van der Waals surface area (Å²) in [6, 6.07) is 15.5. The molecular weight excluding hydrogens is 363 g/mol. The summed E-state index contributed by atoms with van der Waals surface area (Å²) in [4.78, 5) is 4.50. The van der Waals surface area contributed by atoms with Gasteiger partial charge in [-0.25, -0.2) is 0 Å². The number of fused-ring (bicyclic) bond motifs is 1. The molecule has 0 radical (unpaired) electrons. The lowest BCUT2D eigenvalue weighted by Crippen LogP contribution is -1.92. The Balaban J connectivity index is 2.12. The number of ether oxygens (including phenoxy) is 1.